The van der Waals surface area contributed by atoms with Crippen LogP contribution in [0, 0.1) is 0 Å². The number of H-pyrrole nitrogens is 1. The van der Waals surface area contributed by atoms with E-state index in [9.17, 15) is 0 Å². The van der Waals surface area contributed by atoms with Gasteiger partial charge in [-0.05, 0) is 29.8 Å². The van der Waals surface area contributed by atoms with Crippen LogP contribution in [-0.4, -0.2) is 19.9 Å². The minimum absolute atomic E-state index is 0.627. The molecule has 0 atom stereocenters. The predicted molar refractivity (Wildman–Crippen MR) is 105 cm³/mol. The summed E-state index contributed by atoms with van der Waals surface area (Å²) in [5.41, 5.74) is 3.90. The van der Waals surface area contributed by atoms with Gasteiger partial charge in [-0.25, -0.2) is 4.98 Å². The van der Waals surface area contributed by atoms with Crippen LogP contribution in [0.15, 0.2) is 61.2 Å². The minimum Gasteiger partial charge on any atom is -0.364 e. The molecule has 126 valence electrons. The van der Waals surface area contributed by atoms with E-state index >= 15 is 0 Å². The van der Waals surface area contributed by atoms with E-state index in [0.29, 0.717) is 6.54 Å². The lowest BCUT2D eigenvalue weighted by atomic mass is 10.1. The first-order chi connectivity index (χ1) is 12.8. The largest absolute Gasteiger partial charge is 0.364 e. The predicted octanol–water partition coefficient (Wildman–Crippen LogP) is 4.92. The second-order valence-electron chi connectivity index (χ2n) is 6.13. The Morgan fingerprint density at radius 3 is 2.73 bits per heavy atom. The molecule has 6 heteroatoms. The molecule has 0 bridgehead atoms. The van der Waals surface area contributed by atoms with Crippen LogP contribution in [0.5, 0.6) is 0 Å². The smallest absolute Gasteiger partial charge is 0.151 e. The Labute approximate surface area is 154 Å². The second-order valence-corrected chi connectivity index (χ2v) is 6.57. The summed E-state index contributed by atoms with van der Waals surface area (Å²) >= 11 is 6.09. The zero-order valence-corrected chi connectivity index (χ0v) is 14.5. The lowest BCUT2D eigenvalue weighted by Crippen LogP contribution is -2.02. The molecule has 26 heavy (non-hydrogen) atoms. The number of aromatic nitrogens is 4. The van der Waals surface area contributed by atoms with Crippen LogP contribution < -0.4 is 5.32 Å². The first kappa shape index (κ1) is 15.1. The molecule has 5 nitrogen and oxygen atoms in total. The highest BCUT2D eigenvalue weighted by atomic mass is 35.5. The molecule has 1 aromatic carbocycles. The maximum absolute atomic E-state index is 6.09. The maximum Gasteiger partial charge on any atom is 0.151 e. The molecule has 4 aromatic heterocycles. The molecule has 5 aromatic rings. The Hall–Kier alpha value is -3.18. The summed E-state index contributed by atoms with van der Waals surface area (Å²) in [5.74, 6) is 0.789. The highest BCUT2D eigenvalue weighted by molar-refractivity contribution is 6.30. The molecule has 0 saturated carbocycles. The number of benzene rings is 1. The van der Waals surface area contributed by atoms with E-state index in [1.807, 2.05) is 48.8 Å². The highest BCUT2D eigenvalue weighted by Gasteiger charge is 2.14. The lowest BCUT2D eigenvalue weighted by molar-refractivity contribution is 1.12. The lowest BCUT2D eigenvalue weighted by Gasteiger charge is -2.09. The number of anilines is 1. The molecule has 0 aliphatic carbocycles. The molecular formula is C20H14ClN5. The Morgan fingerprint density at radius 2 is 1.85 bits per heavy atom. The van der Waals surface area contributed by atoms with Crippen molar-refractivity contribution in [3.05, 3.63) is 71.8 Å². The van der Waals surface area contributed by atoms with Crippen molar-refractivity contribution in [1.82, 2.24) is 19.9 Å². The number of hydrogen-bond donors (Lipinski definition) is 2. The van der Waals surface area contributed by atoms with Gasteiger partial charge in [0.05, 0.1) is 28.9 Å². The Kier molecular flexibility index (Phi) is 3.47. The summed E-state index contributed by atoms with van der Waals surface area (Å²) in [6.45, 7) is 0.627. The molecule has 0 saturated heterocycles. The average molecular weight is 360 g/mol. The number of halogens is 1. The van der Waals surface area contributed by atoms with Crippen LogP contribution in [0.4, 0.5) is 5.82 Å². The monoisotopic (exact) mass is 359 g/mol. The molecule has 2 N–H and O–H groups in total. The van der Waals surface area contributed by atoms with E-state index in [1.54, 1.807) is 12.4 Å². The SMILES string of the molecule is Clc1cccc(CNc2nc3cnccc3c3c2[nH]c2cnccc23)c1. The summed E-state index contributed by atoms with van der Waals surface area (Å²) in [6.07, 6.45) is 7.23. The van der Waals surface area contributed by atoms with Gasteiger partial charge in [0.25, 0.3) is 0 Å². The van der Waals surface area contributed by atoms with Crippen LogP contribution in [0.2, 0.25) is 5.02 Å². The van der Waals surface area contributed by atoms with E-state index in [2.05, 4.69) is 20.3 Å². The van der Waals surface area contributed by atoms with Gasteiger partial charge in [-0.3, -0.25) is 9.97 Å². The van der Waals surface area contributed by atoms with Crippen molar-refractivity contribution in [2.75, 3.05) is 5.32 Å². The molecule has 5 rings (SSSR count). The topological polar surface area (TPSA) is 66.5 Å². The number of fused-ring (bicyclic) bond motifs is 5. The molecule has 0 radical (unpaired) electrons. The van der Waals surface area contributed by atoms with Gasteiger partial charge in [0.2, 0.25) is 0 Å². The van der Waals surface area contributed by atoms with Crippen LogP contribution in [0.25, 0.3) is 32.7 Å². The van der Waals surface area contributed by atoms with Crippen molar-refractivity contribution < 1.29 is 0 Å². The third-order valence-corrected chi connectivity index (χ3v) is 4.72. The zero-order valence-electron chi connectivity index (χ0n) is 13.7. The summed E-state index contributed by atoms with van der Waals surface area (Å²) < 4.78 is 0. The fourth-order valence-electron chi connectivity index (χ4n) is 3.32. The summed E-state index contributed by atoms with van der Waals surface area (Å²) in [5, 5.41) is 7.48. The van der Waals surface area contributed by atoms with Crippen molar-refractivity contribution >= 4 is 50.1 Å². The Morgan fingerprint density at radius 1 is 1.00 bits per heavy atom. The van der Waals surface area contributed by atoms with Crippen molar-refractivity contribution in [2.45, 2.75) is 6.54 Å². The number of aromatic amines is 1. The van der Waals surface area contributed by atoms with Gasteiger partial charge < -0.3 is 10.3 Å². The molecule has 0 aliphatic heterocycles. The van der Waals surface area contributed by atoms with Gasteiger partial charge in [-0.15, -0.1) is 0 Å². The quantitative estimate of drug-likeness (QED) is 0.479. The van der Waals surface area contributed by atoms with E-state index < -0.39 is 0 Å². The molecule has 4 heterocycles. The van der Waals surface area contributed by atoms with Gasteiger partial charge >= 0.3 is 0 Å². The molecule has 0 unspecified atom stereocenters. The molecule has 0 aliphatic rings. The van der Waals surface area contributed by atoms with Crippen molar-refractivity contribution in [1.29, 1.82) is 0 Å². The number of nitrogens with one attached hydrogen (secondary N) is 2. The third-order valence-electron chi connectivity index (χ3n) is 4.49. The van der Waals surface area contributed by atoms with Gasteiger partial charge in [-0.2, -0.15) is 0 Å². The Bertz CT molecular complexity index is 1260. The molecule has 0 amide bonds. The van der Waals surface area contributed by atoms with Gasteiger partial charge in [0.15, 0.2) is 5.82 Å². The zero-order chi connectivity index (χ0) is 17.5. The van der Waals surface area contributed by atoms with Crippen LogP contribution in [0.1, 0.15) is 5.56 Å². The minimum atomic E-state index is 0.627. The van der Waals surface area contributed by atoms with Gasteiger partial charge in [0.1, 0.15) is 0 Å². The van der Waals surface area contributed by atoms with Gasteiger partial charge in [-0.1, -0.05) is 23.7 Å². The first-order valence-corrected chi connectivity index (χ1v) is 8.65. The van der Waals surface area contributed by atoms with Crippen molar-refractivity contribution in [2.24, 2.45) is 0 Å². The van der Waals surface area contributed by atoms with Crippen LogP contribution in [0.3, 0.4) is 0 Å². The Balaban J connectivity index is 1.70. The van der Waals surface area contributed by atoms with Crippen LogP contribution in [-0.2, 0) is 6.54 Å². The van der Waals surface area contributed by atoms with Crippen molar-refractivity contribution in [3.63, 3.8) is 0 Å². The number of rotatable bonds is 3. The number of hydrogen-bond acceptors (Lipinski definition) is 4. The summed E-state index contributed by atoms with van der Waals surface area (Å²) in [4.78, 5) is 16.7. The van der Waals surface area contributed by atoms with Gasteiger partial charge in [0, 0.05) is 40.1 Å². The normalized spacial score (nSPS) is 11.4. The number of nitrogens with zero attached hydrogens (tertiary/aromatic N) is 3. The van der Waals surface area contributed by atoms with E-state index in [1.165, 1.54) is 0 Å². The average Bonchev–Trinajstić information content (AvgIpc) is 3.06. The second kappa shape index (κ2) is 5.97. The van der Waals surface area contributed by atoms with Crippen LogP contribution >= 0.6 is 11.6 Å². The third kappa shape index (κ3) is 2.45. The standard InChI is InChI=1S/C20H14ClN5/c21-13-3-1-2-12(8-13)9-24-20-19-18(14-4-6-22-10-16(14)25-19)15-5-7-23-11-17(15)26-20/h1-8,10-11,25H,9H2,(H,24,26). The molecular weight excluding hydrogens is 346 g/mol. The fraction of sp³-hybridized carbons (Fsp3) is 0.0500. The fourth-order valence-corrected chi connectivity index (χ4v) is 3.54. The molecule has 0 spiro atoms. The highest BCUT2D eigenvalue weighted by Crippen LogP contribution is 2.34. The van der Waals surface area contributed by atoms with E-state index in [4.69, 9.17) is 16.6 Å². The first-order valence-electron chi connectivity index (χ1n) is 8.27. The van der Waals surface area contributed by atoms with E-state index in [-0.39, 0.29) is 0 Å². The number of pyridine rings is 3. The summed E-state index contributed by atoms with van der Waals surface area (Å²) in [7, 11) is 0. The van der Waals surface area contributed by atoms with Crippen molar-refractivity contribution in [3.8, 4) is 0 Å². The summed E-state index contributed by atoms with van der Waals surface area (Å²) in [6, 6.07) is 11.8. The van der Waals surface area contributed by atoms with E-state index in [0.717, 1.165) is 49.1 Å². The maximum atomic E-state index is 6.09. The molecule has 0 fully saturated rings.